The minimum absolute atomic E-state index is 0.0602. The lowest BCUT2D eigenvalue weighted by Crippen LogP contribution is -2.27. The third-order valence-corrected chi connectivity index (χ3v) is 4.75. The second kappa shape index (κ2) is 8.50. The van der Waals surface area contributed by atoms with Gasteiger partial charge < -0.3 is 14.8 Å². The fraction of sp³-hybridized carbons (Fsp3) is 0.400. The number of halogens is 3. The lowest BCUT2D eigenvalue weighted by Gasteiger charge is -2.11. The molecule has 0 unspecified atom stereocenters. The standard InChI is InChI=1S/C20H20F3N5O3/c1-12-7-13(8-25-19(12)31-11-20(21,22)23)9-28-10-14-15(27-28)4-5-24-17(14)26-18(29)16-3-2-6-30-16/h4-5,7-8,10,16H,2-3,6,9,11H2,1H3,(H,24,26,29)/t16-/m0/s1. The topological polar surface area (TPSA) is 91.2 Å². The van der Waals surface area contributed by atoms with Crippen molar-refractivity contribution in [3.63, 3.8) is 0 Å². The van der Waals surface area contributed by atoms with Gasteiger partial charge in [0.05, 0.1) is 17.4 Å². The van der Waals surface area contributed by atoms with Crippen LogP contribution in [0.15, 0.2) is 30.7 Å². The number of aromatic nitrogens is 4. The van der Waals surface area contributed by atoms with Gasteiger partial charge in [-0.05, 0) is 37.5 Å². The zero-order valence-corrected chi connectivity index (χ0v) is 16.6. The van der Waals surface area contributed by atoms with E-state index in [1.54, 1.807) is 36.1 Å². The van der Waals surface area contributed by atoms with Crippen molar-refractivity contribution in [1.29, 1.82) is 0 Å². The Morgan fingerprint density at radius 2 is 2.23 bits per heavy atom. The summed E-state index contributed by atoms with van der Waals surface area (Å²) in [5.41, 5.74) is 1.87. The number of alkyl halides is 3. The van der Waals surface area contributed by atoms with Crippen molar-refractivity contribution < 1.29 is 27.4 Å². The van der Waals surface area contributed by atoms with Crippen molar-refractivity contribution in [3.8, 4) is 5.88 Å². The Balaban J connectivity index is 1.49. The van der Waals surface area contributed by atoms with Crippen LogP contribution in [0.4, 0.5) is 19.0 Å². The SMILES string of the molecule is Cc1cc(Cn2cc3c(NC(=O)[C@@H]4CCCO4)nccc3n2)cnc1OCC(F)(F)F. The molecule has 1 atom stereocenters. The molecule has 0 radical (unpaired) electrons. The number of hydrogen-bond acceptors (Lipinski definition) is 6. The van der Waals surface area contributed by atoms with Crippen LogP contribution in [0, 0.1) is 6.92 Å². The highest BCUT2D eigenvalue weighted by atomic mass is 19.4. The molecule has 0 bridgehead atoms. The summed E-state index contributed by atoms with van der Waals surface area (Å²) in [5.74, 6) is 0.101. The average Bonchev–Trinajstić information content (AvgIpc) is 3.37. The predicted molar refractivity (Wildman–Crippen MR) is 105 cm³/mol. The van der Waals surface area contributed by atoms with Gasteiger partial charge >= 0.3 is 6.18 Å². The number of pyridine rings is 2. The van der Waals surface area contributed by atoms with Crippen molar-refractivity contribution in [3.05, 3.63) is 41.9 Å². The molecule has 11 heteroatoms. The third kappa shape index (κ3) is 5.10. The van der Waals surface area contributed by atoms with Crippen molar-refractivity contribution in [2.75, 3.05) is 18.5 Å². The number of fused-ring (bicyclic) bond motifs is 1. The van der Waals surface area contributed by atoms with Crippen molar-refractivity contribution in [2.45, 2.75) is 38.6 Å². The molecule has 8 nitrogen and oxygen atoms in total. The fourth-order valence-corrected chi connectivity index (χ4v) is 3.35. The molecule has 0 saturated carbocycles. The zero-order chi connectivity index (χ0) is 22.0. The van der Waals surface area contributed by atoms with E-state index in [0.29, 0.717) is 41.9 Å². The molecule has 3 aromatic rings. The minimum Gasteiger partial charge on any atom is -0.468 e. The third-order valence-electron chi connectivity index (χ3n) is 4.75. The van der Waals surface area contributed by atoms with E-state index < -0.39 is 18.9 Å². The number of ether oxygens (including phenoxy) is 2. The molecule has 1 N–H and O–H groups in total. The first kappa shape index (κ1) is 21.0. The number of carbonyl (C=O) groups excluding carboxylic acids is 1. The van der Waals surface area contributed by atoms with E-state index in [-0.39, 0.29) is 11.8 Å². The van der Waals surface area contributed by atoms with Gasteiger partial charge in [-0.1, -0.05) is 0 Å². The van der Waals surface area contributed by atoms with Gasteiger partial charge in [-0.25, -0.2) is 9.97 Å². The Morgan fingerprint density at radius 3 is 2.94 bits per heavy atom. The van der Waals surface area contributed by atoms with E-state index in [2.05, 4.69) is 20.4 Å². The molecule has 1 aliphatic rings. The van der Waals surface area contributed by atoms with E-state index in [1.807, 2.05) is 0 Å². The van der Waals surface area contributed by atoms with Crippen molar-refractivity contribution in [1.82, 2.24) is 19.7 Å². The molecule has 1 aliphatic heterocycles. The van der Waals surface area contributed by atoms with E-state index in [1.165, 1.54) is 6.20 Å². The van der Waals surface area contributed by atoms with Gasteiger partial charge in [0.15, 0.2) is 6.61 Å². The van der Waals surface area contributed by atoms with E-state index >= 15 is 0 Å². The summed E-state index contributed by atoms with van der Waals surface area (Å²) in [4.78, 5) is 20.6. The van der Waals surface area contributed by atoms with Crippen LogP contribution in [0.1, 0.15) is 24.0 Å². The summed E-state index contributed by atoms with van der Waals surface area (Å²) < 4.78 is 48.8. The zero-order valence-electron chi connectivity index (χ0n) is 16.6. The predicted octanol–water partition coefficient (Wildman–Crippen LogP) is 3.24. The van der Waals surface area contributed by atoms with E-state index in [0.717, 1.165) is 12.0 Å². The Morgan fingerprint density at radius 1 is 1.39 bits per heavy atom. The molecule has 31 heavy (non-hydrogen) atoms. The van der Waals surface area contributed by atoms with Crippen molar-refractivity contribution >= 4 is 22.6 Å². The Hall–Kier alpha value is -3.21. The molecule has 3 aromatic heterocycles. The second-order valence-electron chi connectivity index (χ2n) is 7.28. The summed E-state index contributed by atoms with van der Waals surface area (Å²) in [6.07, 6.45) is 1.38. The summed E-state index contributed by atoms with van der Waals surface area (Å²) in [7, 11) is 0. The van der Waals surface area contributed by atoms with Crippen LogP contribution in [0.2, 0.25) is 0 Å². The minimum atomic E-state index is -4.42. The lowest BCUT2D eigenvalue weighted by atomic mass is 10.2. The van der Waals surface area contributed by atoms with Crippen molar-refractivity contribution in [2.24, 2.45) is 0 Å². The smallest absolute Gasteiger partial charge is 0.422 e. The molecular weight excluding hydrogens is 415 g/mol. The number of nitrogens with zero attached hydrogens (tertiary/aromatic N) is 4. The quantitative estimate of drug-likeness (QED) is 0.639. The van der Waals surface area contributed by atoms with Crippen LogP contribution in [-0.2, 0) is 16.1 Å². The van der Waals surface area contributed by atoms with Gasteiger partial charge in [-0.2, -0.15) is 18.3 Å². The van der Waals surface area contributed by atoms with Crippen LogP contribution < -0.4 is 10.1 Å². The second-order valence-corrected chi connectivity index (χ2v) is 7.28. The first-order valence-corrected chi connectivity index (χ1v) is 9.68. The number of nitrogens with one attached hydrogen (secondary N) is 1. The molecule has 4 rings (SSSR count). The first-order valence-electron chi connectivity index (χ1n) is 9.68. The maximum atomic E-state index is 12.3. The monoisotopic (exact) mass is 435 g/mol. The molecule has 1 saturated heterocycles. The van der Waals surface area contributed by atoms with Gasteiger partial charge in [0.2, 0.25) is 5.88 Å². The van der Waals surface area contributed by atoms with Gasteiger partial charge in [-0.3, -0.25) is 9.48 Å². The first-order chi connectivity index (χ1) is 14.8. The normalized spacial score (nSPS) is 16.6. The summed E-state index contributed by atoms with van der Waals surface area (Å²) >= 11 is 0. The Kier molecular flexibility index (Phi) is 5.77. The number of anilines is 1. The molecule has 0 aromatic carbocycles. The molecule has 1 fully saturated rings. The number of hydrogen-bond donors (Lipinski definition) is 1. The van der Waals surface area contributed by atoms with Gasteiger partial charge in [0.1, 0.15) is 11.9 Å². The van der Waals surface area contributed by atoms with Gasteiger partial charge in [-0.15, -0.1) is 0 Å². The van der Waals surface area contributed by atoms with Crippen LogP contribution in [0.25, 0.3) is 10.9 Å². The number of aryl methyl sites for hydroxylation is 1. The van der Waals surface area contributed by atoms with Crippen LogP contribution in [-0.4, -0.2) is 51.1 Å². The molecule has 164 valence electrons. The van der Waals surface area contributed by atoms with Crippen LogP contribution >= 0.6 is 0 Å². The van der Waals surface area contributed by atoms with Gasteiger partial charge in [0, 0.05) is 30.8 Å². The number of carbonyl (C=O) groups is 1. The fourth-order valence-electron chi connectivity index (χ4n) is 3.35. The Labute approximate surface area is 175 Å². The highest BCUT2D eigenvalue weighted by molar-refractivity contribution is 6.00. The number of rotatable bonds is 6. The lowest BCUT2D eigenvalue weighted by molar-refractivity contribution is -0.154. The molecular formula is C20H20F3N5O3. The summed E-state index contributed by atoms with van der Waals surface area (Å²) in [5, 5.41) is 7.95. The average molecular weight is 435 g/mol. The molecule has 4 heterocycles. The van der Waals surface area contributed by atoms with E-state index in [9.17, 15) is 18.0 Å². The highest BCUT2D eigenvalue weighted by Crippen LogP contribution is 2.23. The summed E-state index contributed by atoms with van der Waals surface area (Å²) in [6.45, 7) is 1.14. The van der Waals surface area contributed by atoms with Crippen LogP contribution in [0.5, 0.6) is 5.88 Å². The van der Waals surface area contributed by atoms with E-state index in [4.69, 9.17) is 9.47 Å². The molecule has 1 amide bonds. The van der Waals surface area contributed by atoms with Gasteiger partial charge in [0.25, 0.3) is 5.91 Å². The largest absolute Gasteiger partial charge is 0.468 e. The number of amides is 1. The molecule has 0 spiro atoms. The van der Waals surface area contributed by atoms with Crippen LogP contribution in [0.3, 0.4) is 0 Å². The maximum Gasteiger partial charge on any atom is 0.422 e. The Bertz CT molecular complexity index is 1090. The maximum absolute atomic E-state index is 12.3. The highest BCUT2D eigenvalue weighted by Gasteiger charge is 2.29. The molecule has 0 aliphatic carbocycles. The summed E-state index contributed by atoms with van der Waals surface area (Å²) in [6, 6.07) is 3.43.